The molecule has 0 bridgehead atoms. The van der Waals surface area contributed by atoms with Gasteiger partial charge in [0.25, 0.3) is 0 Å². The Morgan fingerprint density at radius 2 is 1.55 bits per heavy atom. The summed E-state index contributed by atoms with van der Waals surface area (Å²) in [5.41, 5.74) is 2.34. The molecular weight excluding hydrogens is 252 g/mol. The molecule has 0 unspecified atom stereocenters. The third kappa shape index (κ3) is 2.90. The van der Waals surface area contributed by atoms with E-state index in [4.69, 9.17) is 0 Å². The molecule has 1 aromatic carbocycles. The fourth-order valence-corrected chi connectivity index (χ4v) is 3.10. The van der Waals surface area contributed by atoms with Crippen molar-refractivity contribution >= 4 is 17.3 Å². The van der Waals surface area contributed by atoms with E-state index in [-0.39, 0.29) is 23.9 Å². The highest BCUT2D eigenvalue weighted by Crippen LogP contribution is 2.30. The number of nitrogens with one attached hydrogen (secondary N) is 1. The number of piperazine rings is 1. The zero-order valence-corrected chi connectivity index (χ0v) is 11.6. The summed E-state index contributed by atoms with van der Waals surface area (Å²) in [7, 11) is 0. The monoisotopic (exact) mass is 272 g/mol. The molecule has 0 atom stereocenters. The normalized spacial score (nSPS) is 21.3. The summed E-state index contributed by atoms with van der Waals surface area (Å²) in [4.78, 5) is 25.4. The molecule has 0 aromatic heterocycles. The standard InChI is InChI=1S/C16H20N2O2/c19-15-9-13(10-16(20)11-15)12-1-3-14(4-2-12)18-7-5-17-6-8-18/h1-4,13,17H,5-11H2. The summed E-state index contributed by atoms with van der Waals surface area (Å²) < 4.78 is 0. The van der Waals surface area contributed by atoms with Crippen LogP contribution >= 0.6 is 0 Å². The second-order valence-electron chi connectivity index (χ2n) is 5.69. The Bertz CT molecular complexity index is 488. The number of benzene rings is 1. The van der Waals surface area contributed by atoms with E-state index in [1.165, 1.54) is 5.69 Å². The van der Waals surface area contributed by atoms with Crippen LogP contribution in [0.3, 0.4) is 0 Å². The molecule has 0 radical (unpaired) electrons. The first-order valence-electron chi connectivity index (χ1n) is 7.31. The number of Topliss-reactive ketones (excluding diaryl/α,β-unsaturated/α-hetero) is 2. The van der Waals surface area contributed by atoms with Gasteiger partial charge in [0.15, 0.2) is 0 Å². The lowest BCUT2D eigenvalue weighted by Crippen LogP contribution is -2.43. The maximum atomic E-state index is 11.5. The molecule has 4 nitrogen and oxygen atoms in total. The first-order valence-corrected chi connectivity index (χ1v) is 7.31. The number of rotatable bonds is 2. The van der Waals surface area contributed by atoms with Gasteiger partial charge in [0.05, 0.1) is 6.42 Å². The van der Waals surface area contributed by atoms with Crippen LogP contribution in [0.25, 0.3) is 0 Å². The summed E-state index contributed by atoms with van der Waals surface area (Å²) in [5.74, 6) is 0.246. The summed E-state index contributed by atoms with van der Waals surface area (Å²) in [5, 5.41) is 3.34. The van der Waals surface area contributed by atoms with Gasteiger partial charge in [0, 0.05) is 44.7 Å². The van der Waals surface area contributed by atoms with Crippen molar-refractivity contribution in [2.75, 3.05) is 31.1 Å². The molecule has 0 amide bonds. The average molecular weight is 272 g/mol. The summed E-state index contributed by atoms with van der Waals surface area (Å²) >= 11 is 0. The number of anilines is 1. The summed E-state index contributed by atoms with van der Waals surface area (Å²) in [6, 6.07) is 8.39. The van der Waals surface area contributed by atoms with Crippen LogP contribution in [0.2, 0.25) is 0 Å². The first-order chi connectivity index (χ1) is 9.72. The lowest BCUT2D eigenvalue weighted by molar-refractivity contribution is -0.130. The topological polar surface area (TPSA) is 49.4 Å². The molecule has 2 fully saturated rings. The highest BCUT2D eigenvalue weighted by molar-refractivity contribution is 6.02. The summed E-state index contributed by atoms with van der Waals surface area (Å²) in [6.07, 6.45) is 1.16. The largest absolute Gasteiger partial charge is 0.369 e. The van der Waals surface area contributed by atoms with Crippen molar-refractivity contribution in [2.24, 2.45) is 0 Å². The van der Waals surface area contributed by atoms with Gasteiger partial charge in [-0.1, -0.05) is 12.1 Å². The highest BCUT2D eigenvalue weighted by atomic mass is 16.1. The molecule has 1 N–H and O–H groups in total. The molecule has 1 aliphatic carbocycles. The fourth-order valence-electron chi connectivity index (χ4n) is 3.10. The van der Waals surface area contributed by atoms with E-state index in [1.807, 2.05) is 0 Å². The van der Waals surface area contributed by atoms with Crippen molar-refractivity contribution in [3.05, 3.63) is 29.8 Å². The maximum absolute atomic E-state index is 11.5. The average Bonchev–Trinajstić information content (AvgIpc) is 2.47. The number of hydrogen-bond acceptors (Lipinski definition) is 4. The second-order valence-corrected chi connectivity index (χ2v) is 5.69. The highest BCUT2D eigenvalue weighted by Gasteiger charge is 2.26. The molecular formula is C16H20N2O2. The molecule has 1 heterocycles. The number of ketones is 2. The van der Waals surface area contributed by atoms with Crippen LogP contribution in [-0.2, 0) is 9.59 Å². The smallest absolute Gasteiger partial charge is 0.140 e. The Hall–Kier alpha value is -1.68. The van der Waals surface area contributed by atoms with E-state index in [0.717, 1.165) is 31.7 Å². The quantitative estimate of drug-likeness (QED) is 0.829. The first kappa shape index (κ1) is 13.3. The van der Waals surface area contributed by atoms with Gasteiger partial charge in [-0.05, 0) is 23.6 Å². The van der Waals surface area contributed by atoms with E-state index < -0.39 is 0 Å². The van der Waals surface area contributed by atoms with Crippen LogP contribution in [0.1, 0.15) is 30.7 Å². The van der Waals surface area contributed by atoms with E-state index in [1.54, 1.807) is 0 Å². The molecule has 1 saturated carbocycles. The van der Waals surface area contributed by atoms with Crippen molar-refractivity contribution in [3.63, 3.8) is 0 Å². The van der Waals surface area contributed by atoms with Crippen molar-refractivity contribution in [1.29, 1.82) is 0 Å². The molecule has 20 heavy (non-hydrogen) atoms. The molecule has 106 valence electrons. The van der Waals surface area contributed by atoms with Crippen LogP contribution in [0.5, 0.6) is 0 Å². The minimum absolute atomic E-state index is 0.0810. The zero-order chi connectivity index (χ0) is 13.9. The molecule has 1 aliphatic heterocycles. The Morgan fingerprint density at radius 1 is 0.950 bits per heavy atom. The second kappa shape index (κ2) is 5.75. The third-order valence-corrected chi connectivity index (χ3v) is 4.19. The van der Waals surface area contributed by atoms with Gasteiger partial charge >= 0.3 is 0 Å². The van der Waals surface area contributed by atoms with Crippen LogP contribution in [0.4, 0.5) is 5.69 Å². The van der Waals surface area contributed by atoms with Crippen LogP contribution < -0.4 is 10.2 Å². The Kier molecular flexibility index (Phi) is 3.83. The molecule has 2 aliphatic rings. The van der Waals surface area contributed by atoms with E-state index in [2.05, 4.69) is 34.5 Å². The van der Waals surface area contributed by atoms with Gasteiger partial charge in [-0.3, -0.25) is 9.59 Å². The Labute approximate surface area is 119 Å². The van der Waals surface area contributed by atoms with Gasteiger partial charge in [-0.2, -0.15) is 0 Å². The number of carbonyl (C=O) groups excluding carboxylic acids is 2. The SMILES string of the molecule is O=C1CC(=O)CC(c2ccc(N3CCNCC3)cc2)C1. The zero-order valence-electron chi connectivity index (χ0n) is 11.6. The lowest BCUT2D eigenvalue weighted by atomic mass is 9.82. The minimum atomic E-state index is 0.0810. The van der Waals surface area contributed by atoms with Crippen LogP contribution in [0, 0.1) is 0 Å². The van der Waals surface area contributed by atoms with Crippen molar-refractivity contribution < 1.29 is 9.59 Å². The summed E-state index contributed by atoms with van der Waals surface area (Å²) in [6.45, 7) is 4.10. The molecule has 1 saturated heterocycles. The van der Waals surface area contributed by atoms with Crippen molar-refractivity contribution in [3.8, 4) is 0 Å². The van der Waals surface area contributed by atoms with Crippen LogP contribution in [0.15, 0.2) is 24.3 Å². The molecule has 0 spiro atoms. The lowest BCUT2D eigenvalue weighted by Gasteiger charge is -2.30. The molecule has 1 aromatic rings. The Balaban J connectivity index is 1.72. The van der Waals surface area contributed by atoms with Crippen LogP contribution in [-0.4, -0.2) is 37.7 Å². The van der Waals surface area contributed by atoms with Crippen molar-refractivity contribution in [1.82, 2.24) is 5.32 Å². The van der Waals surface area contributed by atoms with Gasteiger partial charge in [0.2, 0.25) is 0 Å². The minimum Gasteiger partial charge on any atom is -0.369 e. The van der Waals surface area contributed by atoms with E-state index >= 15 is 0 Å². The predicted molar refractivity (Wildman–Crippen MR) is 78.1 cm³/mol. The van der Waals surface area contributed by atoms with Gasteiger partial charge < -0.3 is 10.2 Å². The van der Waals surface area contributed by atoms with Gasteiger partial charge in [0.1, 0.15) is 11.6 Å². The molecule has 3 rings (SSSR count). The number of nitrogens with zero attached hydrogens (tertiary/aromatic N) is 1. The van der Waals surface area contributed by atoms with Crippen molar-refractivity contribution in [2.45, 2.75) is 25.2 Å². The predicted octanol–water partition coefficient (Wildman–Crippen LogP) is 1.50. The van der Waals surface area contributed by atoms with E-state index in [9.17, 15) is 9.59 Å². The number of carbonyl (C=O) groups is 2. The maximum Gasteiger partial charge on any atom is 0.140 e. The van der Waals surface area contributed by atoms with Gasteiger partial charge in [-0.15, -0.1) is 0 Å². The molecule has 4 heteroatoms. The van der Waals surface area contributed by atoms with E-state index in [0.29, 0.717) is 12.8 Å². The fraction of sp³-hybridized carbons (Fsp3) is 0.500. The Morgan fingerprint density at radius 3 is 2.15 bits per heavy atom. The van der Waals surface area contributed by atoms with Gasteiger partial charge in [-0.25, -0.2) is 0 Å². The number of hydrogen-bond donors (Lipinski definition) is 1. The third-order valence-electron chi connectivity index (χ3n) is 4.19.